The van der Waals surface area contributed by atoms with Crippen molar-refractivity contribution in [2.75, 3.05) is 0 Å². The maximum atomic E-state index is 10.1. The standard InChI is InChI=1S/C22H13N2OSe.Ni/c25-19-7-2-1-5-15(19)18-9-11-21-22(24-18)16-13-14(8-10-20(16)26-21)17-6-3-4-12-23-17;/h1-12,25H;/q-1;. The van der Waals surface area contributed by atoms with E-state index in [0.29, 0.717) is 0 Å². The molecule has 3 nitrogen and oxygen atoms in total. The van der Waals surface area contributed by atoms with Crippen LogP contribution in [-0.2, 0) is 16.5 Å². The fourth-order valence-electron chi connectivity index (χ4n) is 3.08. The predicted molar refractivity (Wildman–Crippen MR) is 105 cm³/mol. The zero-order valence-electron chi connectivity index (χ0n) is 14.0. The van der Waals surface area contributed by atoms with Crippen molar-refractivity contribution < 1.29 is 21.6 Å². The summed E-state index contributed by atoms with van der Waals surface area (Å²) in [5.41, 5.74) is 4.38. The summed E-state index contributed by atoms with van der Waals surface area (Å²) in [4.78, 5) is 9.29. The first kappa shape index (κ1) is 17.9. The molecule has 3 heterocycles. The molecule has 0 unspecified atom stereocenters. The molecule has 0 radical (unpaired) electrons. The second-order valence-corrected chi connectivity index (χ2v) is 8.26. The van der Waals surface area contributed by atoms with Crippen LogP contribution in [0.25, 0.3) is 41.9 Å². The monoisotopic (exact) mass is 459 g/mol. The molecule has 0 aliphatic heterocycles. The number of rotatable bonds is 2. The third-order valence-electron chi connectivity index (χ3n) is 4.34. The zero-order chi connectivity index (χ0) is 17.5. The molecule has 3 aromatic heterocycles. The second kappa shape index (κ2) is 7.28. The molecule has 5 heteroatoms. The van der Waals surface area contributed by atoms with Crippen molar-refractivity contribution in [3.63, 3.8) is 0 Å². The van der Waals surface area contributed by atoms with Crippen LogP contribution in [0.4, 0.5) is 0 Å². The van der Waals surface area contributed by atoms with E-state index >= 15 is 0 Å². The minimum atomic E-state index is 0. The fourth-order valence-corrected chi connectivity index (χ4v) is 5.18. The van der Waals surface area contributed by atoms with Crippen molar-refractivity contribution in [2.45, 2.75) is 0 Å². The smallest absolute Gasteiger partial charge is 0 e. The van der Waals surface area contributed by atoms with Gasteiger partial charge in [-0.2, -0.15) is 0 Å². The molecule has 1 N–H and O–H groups in total. The van der Waals surface area contributed by atoms with E-state index in [1.54, 1.807) is 12.3 Å². The van der Waals surface area contributed by atoms with Gasteiger partial charge in [-0.3, -0.25) is 0 Å². The van der Waals surface area contributed by atoms with Crippen molar-refractivity contribution in [3.8, 4) is 28.3 Å². The van der Waals surface area contributed by atoms with Gasteiger partial charge in [0.05, 0.1) is 0 Å². The van der Waals surface area contributed by atoms with Gasteiger partial charge in [-0.15, -0.1) is 0 Å². The van der Waals surface area contributed by atoms with Gasteiger partial charge in [0.1, 0.15) is 0 Å². The SMILES string of the molecule is Oc1ccccc1-c1ccc2[se]c3ccc(-c4ccccn4)[c-]c3c2n1.[Ni]. The molecule has 0 aliphatic carbocycles. The Kier molecular flexibility index (Phi) is 4.84. The van der Waals surface area contributed by atoms with Crippen LogP contribution >= 0.6 is 0 Å². The van der Waals surface area contributed by atoms with E-state index in [9.17, 15) is 5.11 Å². The predicted octanol–water partition coefficient (Wildman–Crippen LogP) is 4.68. The molecular formula is C22H13N2NiOSe-. The van der Waals surface area contributed by atoms with Gasteiger partial charge in [0.25, 0.3) is 0 Å². The first-order valence-corrected chi connectivity index (χ1v) is 9.96. The van der Waals surface area contributed by atoms with Gasteiger partial charge in [-0.25, -0.2) is 0 Å². The molecule has 0 saturated carbocycles. The summed E-state index contributed by atoms with van der Waals surface area (Å²) >= 11 is 0.230. The minimum absolute atomic E-state index is 0. The summed E-state index contributed by atoms with van der Waals surface area (Å²) in [6, 6.07) is 25.1. The molecule has 0 bridgehead atoms. The summed E-state index contributed by atoms with van der Waals surface area (Å²) in [6.45, 7) is 0. The zero-order valence-corrected chi connectivity index (χ0v) is 16.7. The molecule has 5 aromatic rings. The number of phenolic OH excluding ortho intramolecular Hbond substituents is 1. The van der Waals surface area contributed by atoms with E-state index in [-0.39, 0.29) is 36.7 Å². The number of phenols is 1. The number of aromatic hydroxyl groups is 1. The van der Waals surface area contributed by atoms with Crippen molar-refractivity contribution in [3.05, 3.63) is 79.0 Å². The largest absolute Gasteiger partial charge is 0 e. The van der Waals surface area contributed by atoms with Crippen molar-refractivity contribution >= 4 is 33.9 Å². The van der Waals surface area contributed by atoms with Crippen LogP contribution in [0.1, 0.15) is 0 Å². The van der Waals surface area contributed by atoms with Crippen LogP contribution in [0.2, 0.25) is 0 Å². The Hall–Kier alpha value is -2.45. The maximum absolute atomic E-state index is 10.1. The average molecular weight is 459 g/mol. The van der Waals surface area contributed by atoms with Gasteiger partial charge in [-0.05, 0) is 0 Å². The van der Waals surface area contributed by atoms with E-state index in [4.69, 9.17) is 4.98 Å². The van der Waals surface area contributed by atoms with Crippen molar-refractivity contribution in [1.82, 2.24) is 9.97 Å². The molecule has 5 rings (SSSR count). The van der Waals surface area contributed by atoms with Crippen LogP contribution in [-0.4, -0.2) is 29.6 Å². The Morgan fingerprint density at radius 1 is 0.815 bits per heavy atom. The Balaban J connectivity index is 0.00000180. The molecule has 27 heavy (non-hydrogen) atoms. The summed E-state index contributed by atoms with van der Waals surface area (Å²) in [5.74, 6) is 0.245. The number of pyridine rings is 2. The van der Waals surface area contributed by atoms with Crippen LogP contribution in [0, 0.1) is 6.07 Å². The summed E-state index contributed by atoms with van der Waals surface area (Å²) in [6.07, 6.45) is 1.79. The molecule has 0 spiro atoms. The number of para-hydroxylation sites is 1. The van der Waals surface area contributed by atoms with E-state index in [0.717, 1.165) is 33.4 Å². The Morgan fingerprint density at radius 3 is 2.44 bits per heavy atom. The van der Waals surface area contributed by atoms with Crippen molar-refractivity contribution in [1.29, 1.82) is 0 Å². The molecule has 0 saturated heterocycles. The molecule has 0 aliphatic rings. The van der Waals surface area contributed by atoms with E-state index in [1.165, 1.54) is 8.52 Å². The Labute approximate surface area is 172 Å². The van der Waals surface area contributed by atoms with E-state index < -0.39 is 0 Å². The maximum Gasteiger partial charge on any atom is 0 e. The molecular weight excluding hydrogens is 446 g/mol. The topological polar surface area (TPSA) is 46.0 Å². The number of hydrogen-bond donors (Lipinski definition) is 1. The number of benzene rings is 2. The summed E-state index contributed by atoms with van der Waals surface area (Å²) in [7, 11) is 0. The minimum Gasteiger partial charge on any atom is 0 e. The molecule has 0 atom stereocenters. The van der Waals surface area contributed by atoms with Crippen LogP contribution in [0.15, 0.2) is 72.9 Å². The van der Waals surface area contributed by atoms with Crippen molar-refractivity contribution in [2.24, 2.45) is 0 Å². The molecule has 0 fully saturated rings. The number of aromatic nitrogens is 2. The first-order chi connectivity index (χ1) is 12.8. The van der Waals surface area contributed by atoms with Gasteiger partial charge in [0.2, 0.25) is 0 Å². The molecule has 2 aromatic carbocycles. The second-order valence-electron chi connectivity index (χ2n) is 5.99. The van der Waals surface area contributed by atoms with E-state index in [2.05, 4.69) is 29.2 Å². The van der Waals surface area contributed by atoms with Gasteiger partial charge in [0, 0.05) is 16.5 Å². The Morgan fingerprint density at radius 2 is 1.63 bits per heavy atom. The van der Waals surface area contributed by atoms with Gasteiger partial charge >= 0.3 is 156 Å². The molecule has 134 valence electrons. The van der Waals surface area contributed by atoms with E-state index in [1.807, 2.05) is 42.5 Å². The normalized spacial score (nSPS) is 10.8. The van der Waals surface area contributed by atoms with Gasteiger partial charge in [-0.1, -0.05) is 0 Å². The van der Waals surface area contributed by atoms with Gasteiger partial charge in [0.15, 0.2) is 0 Å². The van der Waals surface area contributed by atoms with Crippen LogP contribution in [0.5, 0.6) is 5.75 Å². The van der Waals surface area contributed by atoms with Gasteiger partial charge < -0.3 is 0 Å². The third kappa shape index (κ3) is 3.19. The van der Waals surface area contributed by atoms with Crippen LogP contribution in [0.3, 0.4) is 0 Å². The quantitative estimate of drug-likeness (QED) is 0.308. The number of hydrogen-bond acceptors (Lipinski definition) is 3. The van der Waals surface area contributed by atoms with Crippen LogP contribution < -0.4 is 0 Å². The third-order valence-corrected chi connectivity index (χ3v) is 6.67. The number of fused-ring (bicyclic) bond motifs is 3. The fraction of sp³-hybridized carbons (Fsp3) is 0. The summed E-state index contributed by atoms with van der Waals surface area (Å²) in [5, 5.41) is 11.2. The summed E-state index contributed by atoms with van der Waals surface area (Å²) < 4.78 is 2.54. The number of nitrogens with zero attached hydrogens (tertiary/aromatic N) is 2. The first-order valence-electron chi connectivity index (χ1n) is 8.25. The molecule has 0 amide bonds. The Bertz CT molecular complexity index is 1250. The average Bonchev–Trinajstić information content (AvgIpc) is 3.06.